The standard InChI is InChI=1S/C7H14N2S2/c1-2-5(8)7-4-10-6(9-7)3-11-7/h5-6,9H,2-4,8H2,1H3. The number of rotatable bonds is 2. The largest absolute Gasteiger partial charge is 0.325 e. The van der Waals surface area contributed by atoms with E-state index < -0.39 is 0 Å². The highest BCUT2D eigenvalue weighted by molar-refractivity contribution is 8.08. The first-order valence-electron chi connectivity index (χ1n) is 4.06. The summed E-state index contributed by atoms with van der Waals surface area (Å²) in [6.45, 7) is 2.16. The van der Waals surface area contributed by atoms with Crippen molar-refractivity contribution in [2.75, 3.05) is 11.5 Å². The molecule has 0 aromatic heterocycles. The molecule has 2 bridgehead atoms. The van der Waals surface area contributed by atoms with E-state index in [4.69, 9.17) is 5.73 Å². The van der Waals surface area contributed by atoms with Crippen LogP contribution in [0.15, 0.2) is 0 Å². The summed E-state index contributed by atoms with van der Waals surface area (Å²) in [6, 6.07) is 0.326. The number of thioether (sulfide) groups is 2. The Balaban J connectivity index is 2.09. The Labute approximate surface area is 76.1 Å². The average Bonchev–Trinajstić information content (AvgIpc) is 2.62. The highest BCUT2D eigenvalue weighted by Gasteiger charge is 2.48. The summed E-state index contributed by atoms with van der Waals surface area (Å²) in [7, 11) is 0. The van der Waals surface area contributed by atoms with Crippen molar-refractivity contribution >= 4 is 23.5 Å². The molecule has 2 rings (SSSR count). The van der Waals surface area contributed by atoms with Crippen molar-refractivity contribution in [2.24, 2.45) is 5.73 Å². The Morgan fingerprint density at radius 1 is 1.82 bits per heavy atom. The molecule has 0 aromatic carbocycles. The van der Waals surface area contributed by atoms with E-state index in [0.29, 0.717) is 11.4 Å². The third-order valence-electron chi connectivity index (χ3n) is 2.44. The summed E-state index contributed by atoms with van der Waals surface area (Å²) in [5.41, 5.74) is 6.05. The molecule has 0 spiro atoms. The van der Waals surface area contributed by atoms with E-state index in [2.05, 4.69) is 12.2 Å². The minimum atomic E-state index is 0.226. The quantitative estimate of drug-likeness (QED) is 0.676. The second-order valence-corrected chi connectivity index (χ2v) is 5.70. The highest BCUT2D eigenvalue weighted by Crippen LogP contribution is 2.46. The molecular formula is C7H14N2S2. The van der Waals surface area contributed by atoms with Gasteiger partial charge in [-0.2, -0.15) is 0 Å². The predicted octanol–water partition coefficient (Wildman–Crippen LogP) is 0.829. The number of hydrogen-bond donors (Lipinski definition) is 2. The van der Waals surface area contributed by atoms with Gasteiger partial charge in [-0.3, -0.25) is 5.32 Å². The van der Waals surface area contributed by atoms with Crippen LogP contribution < -0.4 is 11.1 Å². The molecule has 0 aromatic rings. The molecule has 2 aliphatic rings. The maximum atomic E-state index is 6.05. The van der Waals surface area contributed by atoms with E-state index in [1.165, 1.54) is 11.5 Å². The number of nitrogens with one attached hydrogen (secondary N) is 1. The molecule has 2 heterocycles. The molecule has 0 radical (unpaired) electrons. The van der Waals surface area contributed by atoms with E-state index in [-0.39, 0.29) is 4.87 Å². The van der Waals surface area contributed by atoms with Gasteiger partial charge in [0.15, 0.2) is 0 Å². The third-order valence-corrected chi connectivity index (χ3v) is 5.72. The monoisotopic (exact) mass is 190 g/mol. The fourth-order valence-electron chi connectivity index (χ4n) is 1.63. The first-order valence-corrected chi connectivity index (χ1v) is 6.09. The lowest BCUT2D eigenvalue weighted by Crippen LogP contribution is -2.52. The molecule has 3 N–H and O–H groups in total. The van der Waals surface area contributed by atoms with Gasteiger partial charge in [0.05, 0.1) is 10.2 Å². The number of fused-ring (bicyclic) bond motifs is 2. The summed E-state index contributed by atoms with van der Waals surface area (Å²) in [5, 5.41) is 4.27. The van der Waals surface area contributed by atoms with Gasteiger partial charge in [-0.05, 0) is 6.42 Å². The van der Waals surface area contributed by atoms with Gasteiger partial charge in [0.25, 0.3) is 0 Å². The van der Waals surface area contributed by atoms with Crippen LogP contribution in [-0.2, 0) is 0 Å². The molecule has 4 heteroatoms. The van der Waals surface area contributed by atoms with Crippen LogP contribution in [0.3, 0.4) is 0 Å². The predicted molar refractivity (Wildman–Crippen MR) is 52.8 cm³/mol. The minimum absolute atomic E-state index is 0.226. The maximum Gasteiger partial charge on any atom is 0.0899 e. The van der Waals surface area contributed by atoms with E-state index in [0.717, 1.165) is 6.42 Å². The van der Waals surface area contributed by atoms with Crippen LogP contribution in [0.2, 0.25) is 0 Å². The van der Waals surface area contributed by atoms with Crippen molar-refractivity contribution in [3.63, 3.8) is 0 Å². The number of nitrogens with two attached hydrogens (primary N) is 1. The van der Waals surface area contributed by atoms with Crippen LogP contribution in [0.5, 0.6) is 0 Å². The summed E-state index contributed by atoms with van der Waals surface area (Å²) < 4.78 is 0. The summed E-state index contributed by atoms with van der Waals surface area (Å²) in [4.78, 5) is 0.226. The zero-order chi connectivity index (χ0) is 7.90. The molecule has 3 unspecified atom stereocenters. The van der Waals surface area contributed by atoms with Gasteiger partial charge in [0.2, 0.25) is 0 Å². The normalized spacial score (nSPS) is 44.7. The summed E-state index contributed by atoms with van der Waals surface area (Å²) in [6.07, 6.45) is 1.08. The molecule has 0 amide bonds. The molecule has 2 fully saturated rings. The highest BCUT2D eigenvalue weighted by atomic mass is 32.2. The summed E-state index contributed by atoms with van der Waals surface area (Å²) in [5.74, 6) is 2.43. The van der Waals surface area contributed by atoms with E-state index >= 15 is 0 Å². The van der Waals surface area contributed by atoms with E-state index in [9.17, 15) is 0 Å². The smallest absolute Gasteiger partial charge is 0.0899 e. The van der Waals surface area contributed by atoms with Gasteiger partial charge in [-0.15, -0.1) is 23.5 Å². The zero-order valence-corrected chi connectivity index (χ0v) is 8.30. The van der Waals surface area contributed by atoms with E-state index in [1.807, 2.05) is 23.5 Å². The lowest BCUT2D eigenvalue weighted by atomic mass is 10.1. The Kier molecular flexibility index (Phi) is 2.12. The van der Waals surface area contributed by atoms with Gasteiger partial charge >= 0.3 is 0 Å². The van der Waals surface area contributed by atoms with Crippen molar-refractivity contribution < 1.29 is 0 Å². The first kappa shape index (κ1) is 8.23. The number of hydrogen-bond acceptors (Lipinski definition) is 4. The first-order chi connectivity index (χ1) is 5.27. The lowest BCUT2D eigenvalue weighted by Gasteiger charge is -2.30. The minimum Gasteiger partial charge on any atom is -0.325 e. The van der Waals surface area contributed by atoms with Crippen molar-refractivity contribution in [3.05, 3.63) is 0 Å². The van der Waals surface area contributed by atoms with Crippen LogP contribution >= 0.6 is 23.5 Å². The molecular weight excluding hydrogens is 176 g/mol. The van der Waals surface area contributed by atoms with Crippen LogP contribution in [0.4, 0.5) is 0 Å². The van der Waals surface area contributed by atoms with Crippen LogP contribution in [-0.4, -0.2) is 27.8 Å². The Hall–Kier alpha value is 0.620. The van der Waals surface area contributed by atoms with Gasteiger partial charge in [-0.1, -0.05) is 6.92 Å². The van der Waals surface area contributed by atoms with E-state index in [1.54, 1.807) is 0 Å². The maximum absolute atomic E-state index is 6.05. The molecule has 3 atom stereocenters. The lowest BCUT2D eigenvalue weighted by molar-refractivity contribution is 0.447. The Bertz CT molecular complexity index is 155. The van der Waals surface area contributed by atoms with Gasteiger partial charge in [0.1, 0.15) is 0 Å². The van der Waals surface area contributed by atoms with Crippen molar-refractivity contribution in [2.45, 2.75) is 29.6 Å². The Morgan fingerprint density at radius 3 is 3.00 bits per heavy atom. The second kappa shape index (κ2) is 2.83. The fraction of sp³-hybridized carbons (Fsp3) is 1.00. The molecule has 2 saturated heterocycles. The van der Waals surface area contributed by atoms with Gasteiger partial charge in [-0.25, -0.2) is 0 Å². The average molecular weight is 190 g/mol. The topological polar surface area (TPSA) is 38.0 Å². The van der Waals surface area contributed by atoms with Gasteiger partial charge in [0, 0.05) is 17.5 Å². The molecule has 0 saturated carbocycles. The molecule has 64 valence electrons. The Morgan fingerprint density at radius 2 is 2.64 bits per heavy atom. The second-order valence-electron chi connectivity index (χ2n) is 3.16. The van der Waals surface area contributed by atoms with Crippen LogP contribution in [0, 0.1) is 0 Å². The molecule has 0 aliphatic carbocycles. The fourth-order valence-corrected chi connectivity index (χ4v) is 5.01. The van der Waals surface area contributed by atoms with Crippen molar-refractivity contribution in [3.8, 4) is 0 Å². The third kappa shape index (κ3) is 1.20. The molecule has 2 nitrogen and oxygen atoms in total. The van der Waals surface area contributed by atoms with Crippen LogP contribution in [0.1, 0.15) is 13.3 Å². The van der Waals surface area contributed by atoms with Crippen molar-refractivity contribution in [1.29, 1.82) is 0 Å². The van der Waals surface area contributed by atoms with Gasteiger partial charge < -0.3 is 5.73 Å². The molecule has 2 aliphatic heterocycles. The zero-order valence-electron chi connectivity index (χ0n) is 6.67. The SMILES string of the molecule is CCC(N)C12CSC(CS1)N2. The van der Waals surface area contributed by atoms with Crippen LogP contribution in [0.25, 0.3) is 0 Å². The summed E-state index contributed by atoms with van der Waals surface area (Å²) >= 11 is 4.04. The van der Waals surface area contributed by atoms with Crippen molar-refractivity contribution in [1.82, 2.24) is 5.32 Å². The molecule has 11 heavy (non-hydrogen) atoms.